The van der Waals surface area contributed by atoms with Gasteiger partial charge in [0.1, 0.15) is 5.82 Å². The smallest absolute Gasteiger partial charge is 0.224 e. The summed E-state index contributed by atoms with van der Waals surface area (Å²) in [6, 6.07) is 4.87. The van der Waals surface area contributed by atoms with Crippen LogP contribution in [0, 0.1) is 18.7 Å². The molecule has 1 aliphatic rings. The molecule has 1 fully saturated rings. The third-order valence-electron chi connectivity index (χ3n) is 3.60. The minimum absolute atomic E-state index is 0.0651. The molecule has 3 heteroatoms. The third kappa shape index (κ3) is 3.56. The van der Waals surface area contributed by atoms with Gasteiger partial charge in [0, 0.05) is 6.42 Å². The normalized spacial score (nSPS) is 16.6. The largest absolute Gasteiger partial charge is 0.324 e. The summed E-state index contributed by atoms with van der Waals surface area (Å²) in [7, 11) is 0. The van der Waals surface area contributed by atoms with Crippen LogP contribution in [-0.4, -0.2) is 5.91 Å². The number of anilines is 1. The number of amides is 1. The van der Waals surface area contributed by atoms with Gasteiger partial charge in [-0.3, -0.25) is 4.79 Å². The average molecular weight is 249 g/mol. The Labute approximate surface area is 108 Å². The number of carbonyl (C=O) groups is 1. The molecule has 0 spiro atoms. The molecule has 98 valence electrons. The molecule has 0 unspecified atom stereocenters. The molecule has 1 aromatic rings. The number of hydrogen-bond acceptors (Lipinski definition) is 1. The van der Waals surface area contributed by atoms with Crippen LogP contribution in [0.1, 0.15) is 44.1 Å². The monoisotopic (exact) mass is 249 g/mol. The zero-order chi connectivity index (χ0) is 13.0. The SMILES string of the molecule is Cc1ccc(NC(=O)CC2CCCCC2)c(F)c1. The van der Waals surface area contributed by atoms with Gasteiger partial charge in [0.2, 0.25) is 5.91 Å². The zero-order valence-corrected chi connectivity index (χ0v) is 10.8. The highest BCUT2D eigenvalue weighted by Crippen LogP contribution is 2.26. The molecule has 1 aromatic carbocycles. The number of aryl methyl sites for hydroxylation is 1. The maximum absolute atomic E-state index is 13.6. The van der Waals surface area contributed by atoms with Crippen LogP contribution in [0.5, 0.6) is 0 Å². The summed E-state index contributed by atoms with van der Waals surface area (Å²) in [4.78, 5) is 11.8. The number of hydrogen-bond donors (Lipinski definition) is 1. The van der Waals surface area contributed by atoms with E-state index in [2.05, 4.69) is 5.32 Å². The Balaban J connectivity index is 1.90. The fraction of sp³-hybridized carbons (Fsp3) is 0.533. The summed E-state index contributed by atoms with van der Waals surface area (Å²) in [5.74, 6) is 0.0592. The Morgan fingerprint density at radius 2 is 2.06 bits per heavy atom. The lowest BCUT2D eigenvalue weighted by molar-refractivity contribution is -0.117. The first-order valence-corrected chi connectivity index (χ1v) is 6.71. The first-order valence-electron chi connectivity index (χ1n) is 6.71. The maximum Gasteiger partial charge on any atom is 0.224 e. The minimum Gasteiger partial charge on any atom is -0.324 e. The van der Waals surface area contributed by atoms with Crippen LogP contribution in [0.25, 0.3) is 0 Å². The van der Waals surface area contributed by atoms with E-state index in [0.29, 0.717) is 18.0 Å². The van der Waals surface area contributed by atoms with E-state index in [1.54, 1.807) is 12.1 Å². The molecule has 0 aromatic heterocycles. The van der Waals surface area contributed by atoms with E-state index in [-0.39, 0.29) is 11.7 Å². The highest BCUT2D eigenvalue weighted by atomic mass is 19.1. The van der Waals surface area contributed by atoms with E-state index >= 15 is 0 Å². The number of benzene rings is 1. The molecular weight excluding hydrogens is 229 g/mol. The lowest BCUT2D eigenvalue weighted by Crippen LogP contribution is -2.18. The third-order valence-corrected chi connectivity index (χ3v) is 3.60. The Morgan fingerprint density at radius 1 is 1.33 bits per heavy atom. The van der Waals surface area contributed by atoms with E-state index < -0.39 is 0 Å². The van der Waals surface area contributed by atoms with Gasteiger partial charge < -0.3 is 5.32 Å². The van der Waals surface area contributed by atoms with E-state index in [0.717, 1.165) is 18.4 Å². The van der Waals surface area contributed by atoms with E-state index in [9.17, 15) is 9.18 Å². The molecule has 1 aliphatic carbocycles. The van der Waals surface area contributed by atoms with E-state index in [4.69, 9.17) is 0 Å². The van der Waals surface area contributed by atoms with Crippen molar-refractivity contribution in [3.63, 3.8) is 0 Å². The fourth-order valence-corrected chi connectivity index (χ4v) is 2.58. The van der Waals surface area contributed by atoms with Gasteiger partial charge in [-0.25, -0.2) is 4.39 Å². The second-order valence-electron chi connectivity index (χ2n) is 5.24. The average Bonchev–Trinajstić information content (AvgIpc) is 2.34. The van der Waals surface area contributed by atoms with Crippen molar-refractivity contribution in [1.82, 2.24) is 0 Å². The van der Waals surface area contributed by atoms with E-state index in [1.807, 2.05) is 6.92 Å². The van der Waals surface area contributed by atoms with Gasteiger partial charge in [0.05, 0.1) is 5.69 Å². The molecule has 2 rings (SSSR count). The van der Waals surface area contributed by atoms with Gasteiger partial charge in [-0.1, -0.05) is 25.3 Å². The van der Waals surface area contributed by atoms with Crippen LogP contribution in [0.2, 0.25) is 0 Å². The summed E-state index contributed by atoms with van der Waals surface area (Å²) >= 11 is 0. The van der Waals surface area contributed by atoms with Crippen molar-refractivity contribution < 1.29 is 9.18 Å². The Kier molecular flexibility index (Phi) is 4.34. The lowest BCUT2D eigenvalue weighted by atomic mass is 9.87. The van der Waals surface area contributed by atoms with Crippen molar-refractivity contribution in [2.24, 2.45) is 5.92 Å². The molecule has 1 saturated carbocycles. The summed E-state index contributed by atoms with van der Waals surface area (Å²) in [5, 5.41) is 2.67. The number of halogens is 1. The summed E-state index contributed by atoms with van der Waals surface area (Å²) in [6.45, 7) is 1.83. The molecule has 0 heterocycles. The van der Waals surface area contributed by atoms with Crippen molar-refractivity contribution in [2.45, 2.75) is 45.4 Å². The van der Waals surface area contributed by atoms with Gasteiger partial charge in [-0.15, -0.1) is 0 Å². The predicted octanol–water partition coefficient (Wildman–Crippen LogP) is 4.04. The van der Waals surface area contributed by atoms with Crippen LogP contribution in [0.4, 0.5) is 10.1 Å². The Morgan fingerprint density at radius 3 is 2.72 bits per heavy atom. The van der Waals surface area contributed by atoms with Crippen molar-refractivity contribution in [3.05, 3.63) is 29.6 Å². The zero-order valence-electron chi connectivity index (χ0n) is 10.8. The molecule has 18 heavy (non-hydrogen) atoms. The van der Waals surface area contributed by atoms with Gasteiger partial charge >= 0.3 is 0 Å². The number of nitrogens with one attached hydrogen (secondary N) is 1. The molecule has 0 radical (unpaired) electrons. The van der Waals surface area contributed by atoms with Crippen LogP contribution in [0.15, 0.2) is 18.2 Å². The Bertz CT molecular complexity index is 425. The van der Waals surface area contributed by atoms with Crippen LogP contribution < -0.4 is 5.32 Å². The first kappa shape index (κ1) is 13.1. The van der Waals surface area contributed by atoms with Crippen molar-refractivity contribution in [2.75, 3.05) is 5.32 Å². The fourth-order valence-electron chi connectivity index (χ4n) is 2.58. The Hall–Kier alpha value is -1.38. The minimum atomic E-state index is -0.355. The van der Waals surface area contributed by atoms with E-state index in [1.165, 1.54) is 25.3 Å². The van der Waals surface area contributed by atoms with Crippen LogP contribution >= 0.6 is 0 Å². The van der Waals surface area contributed by atoms with Gasteiger partial charge in [-0.2, -0.15) is 0 Å². The predicted molar refractivity (Wildman–Crippen MR) is 71.0 cm³/mol. The molecule has 0 aliphatic heterocycles. The van der Waals surface area contributed by atoms with Crippen molar-refractivity contribution in [3.8, 4) is 0 Å². The highest BCUT2D eigenvalue weighted by Gasteiger charge is 2.17. The standard InChI is InChI=1S/C15H20FNO/c1-11-7-8-14(13(16)9-11)17-15(18)10-12-5-3-2-4-6-12/h7-9,12H,2-6,10H2,1H3,(H,17,18). The van der Waals surface area contributed by atoms with Gasteiger partial charge in [0.15, 0.2) is 0 Å². The molecular formula is C15H20FNO. The highest BCUT2D eigenvalue weighted by molar-refractivity contribution is 5.91. The quantitative estimate of drug-likeness (QED) is 0.860. The topological polar surface area (TPSA) is 29.1 Å². The summed E-state index contributed by atoms with van der Waals surface area (Å²) in [5.41, 5.74) is 1.15. The molecule has 1 amide bonds. The molecule has 0 bridgehead atoms. The number of rotatable bonds is 3. The molecule has 1 N–H and O–H groups in total. The summed E-state index contributed by atoms with van der Waals surface area (Å²) in [6.07, 6.45) is 6.50. The van der Waals surface area contributed by atoms with Crippen molar-refractivity contribution >= 4 is 11.6 Å². The maximum atomic E-state index is 13.6. The van der Waals surface area contributed by atoms with Crippen molar-refractivity contribution in [1.29, 1.82) is 0 Å². The molecule has 0 atom stereocenters. The second-order valence-corrected chi connectivity index (χ2v) is 5.24. The molecule has 0 saturated heterocycles. The molecule has 2 nitrogen and oxygen atoms in total. The number of carbonyl (C=O) groups excluding carboxylic acids is 1. The van der Waals surface area contributed by atoms with Crippen LogP contribution in [0.3, 0.4) is 0 Å². The van der Waals surface area contributed by atoms with Gasteiger partial charge in [-0.05, 0) is 43.4 Å². The second kappa shape index (κ2) is 5.98. The van der Waals surface area contributed by atoms with Crippen LogP contribution in [-0.2, 0) is 4.79 Å². The first-order chi connectivity index (χ1) is 8.65. The lowest BCUT2D eigenvalue weighted by Gasteiger charge is -2.20. The summed E-state index contributed by atoms with van der Waals surface area (Å²) < 4.78 is 13.6. The van der Waals surface area contributed by atoms with Gasteiger partial charge in [0.25, 0.3) is 0 Å².